The second-order valence-electron chi connectivity index (χ2n) is 1.52. The van der Waals surface area contributed by atoms with Gasteiger partial charge in [-0.05, 0) is 12.1 Å². The molecule has 0 atom stereocenters. The van der Waals surface area contributed by atoms with Crippen molar-refractivity contribution >= 4 is 15.9 Å². The molecule has 1 aromatic rings. The Morgan fingerprint density at radius 2 is 1.45 bits per heavy atom. The average Bonchev–Trinajstić information content (AvgIpc) is 2.07. The van der Waals surface area contributed by atoms with Gasteiger partial charge in [0.15, 0.2) is 12.1 Å². The first-order valence-corrected chi connectivity index (χ1v) is 3.59. The predicted molar refractivity (Wildman–Crippen MR) is 45.4 cm³/mol. The molecule has 3 heteroatoms. The Hall–Kier alpha value is -1.32. The molecule has 0 N–H and O–H groups in total. The maximum absolute atomic E-state index is 7.26. The van der Waals surface area contributed by atoms with Gasteiger partial charge in [0.1, 0.15) is 0 Å². The van der Waals surface area contributed by atoms with Gasteiger partial charge in [0.25, 0.3) is 0 Å². The SMILES string of the molecule is Brc1ccccc1.N#CC#N. The summed E-state index contributed by atoms with van der Waals surface area (Å²) < 4.78 is 1.13. The lowest BCUT2D eigenvalue weighted by atomic mass is 10.4. The Morgan fingerprint density at radius 1 is 1.00 bits per heavy atom. The quantitative estimate of drug-likeness (QED) is 0.658. The minimum absolute atomic E-state index is 1.13. The van der Waals surface area contributed by atoms with E-state index in [1.54, 1.807) is 0 Å². The average molecular weight is 209 g/mol. The summed E-state index contributed by atoms with van der Waals surface area (Å²) in [6, 6.07) is 12.4. The lowest BCUT2D eigenvalue weighted by Crippen LogP contribution is -1.55. The number of hydrogen-bond acceptors (Lipinski definition) is 2. The van der Waals surface area contributed by atoms with Crippen LogP contribution in [0.3, 0.4) is 0 Å². The van der Waals surface area contributed by atoms with Crippen molar-refractivity contribution in [3.63, 3.8) is 0 Å². The Kier molecular flexibility index (Phi) is 5.98. The van der Waals surface area contributed by atoms with Gasteiger partial charge in [-0.3, -0.25) is 0 Å². The predicted octanol–water partition coefficient (Wildman–Crippen LogP) is 2.48. The second-order valence-corrected chi connectivity index (χ2v) is 2.43. The van der Waals surface area contributed by atoms with E-state index in [1.165, 1.54) is 12.1 Å². The first kappa shape index (κ1) is 9.68. The van der Waals surface area contributed by atoms with Crippen LogP contribution in [0, 0.1) is 22.7 Å². The summed E-state index contributed by atoms with van der Waals surface area (Å²) in [5.74, 6) is 0. The smallest absolute Gasteiger partial charge is 0.181 e. The highest BCUT2D eigenvalue weighted by Gasteiger charge is 1.74. The third-order valence-corrected chi connectivity index (χ3v) is 1.31. The van der Waals surface area contributed by atoms with Gasteiger partial charge in [-0.15, -0.1) is 0 Å². The summed E-state index contributed by atoms with van der Waals surface area (Å²) in [7, 11) is 0. The highest BCUT2D eigenvalue weighted by molar-refractivity contribution is 9.10. The molecule has 54 valence electrons. The molecular formula is C8H5BrN2. The highest BCUT2D eigenvalue weighted by Crippen LogP contribution is 2.05. The first-order valence-electron chi connectivity index (χ1n) is 2.80. The molecule has 0 radical (unpaired) electrons. The van der Waals surface area contributed by atoms with Crippen LogP contribution in [0.25, 0.3) is 0 Å². The van der Waals surface area contributed by atoms with E-state index in [0.29, 0.717) is 0 Å². The summed E-state index contributed by atoms with van der Waals surface area (Å²) >= 11 is 3.31. The van der Waals surface area contributed by atoms with E-state index >= 15 is 0 Å². The van der Waals surface area contributed by atoms with Crippen LogP contribution in [0.15, 0.2) is 34.8 Å². The zero-order valence-electron chi connectivity index (χ0n) is 5.66. The number of rotatable bonds is 0. The molecule has 0 saturated heterocycles. The molecule has 1 rings (SSSR count). The van der Waals surface area contributed by atoms with E-state index < -0.39 is 0 Å². The number of nitrogens with zero attached hydrogens (tertiary/aromatic N) is 2. The van der Waals surface area contributed by atoms with Gasteiger partial charge in [0.2, 0.25) is 0 Å². The van der Waals surface area contributed by atoms with E-state index in [-0.39, 0.29) is 0 Å². The molecule has 0 spiro atoms. The van der Waals surface area contributed by atoms with Crippen molar-refractivity contribution in [3.05, 3.63) is 34.8 Å². The Balaban J connectivity index is 0.000000218. The van der Waals surface area contributed by atoms with Gasteiger partial charge in [-0.2, -0.15) is 10.5 Å². The lowest BCUT2D eigenvalue weighted by Gasteiger charge is -1.80. The molecule has 2 nitrogen and oxygen atoms in total. The number of halogens is 1. The van der Waals surface area contributed by atoms with E-state index in [1.807, 2.05) is 30.3 Å². The van der Waals surface area contributed by atoms with Crippen LogP contribution in [-0.4, -0.2) is 0 Å². The van der Waals surface area contributed by atoms with Crippen molar-refractivity contribution < 1.29 is 0 Å². The maximum atomic E-state index is 7.26. The third kappa shape index (κ3) is 6.57. The molecule has 0 aromatic heterocycles. The monoisotopic (exact) mass is 208 g/mol. The molecule has 0 amide bonds. The Bertz CT molecular complexity index is 256. The van der Waals surface area contributed by atoms with Gasteiger partial charge >= 0.3 is 0 Å². The van der Waals surface area contributed by atoms with Gasteiger partial charge < -0.3 is 0 Å². The van der Waals surface area contributed by atoms with Crippen LogP contribution < -0.4 is 0 Å². The van der Waals surface area contributed by atoms with E-state index in [2.05, 4.69) is 15.9 Å². The minimum atomic E-state index is 1.13. The van der Waals surface area contributed by atoms with Gasteiger partial charge in [0, 0.05) is 4.47 Å². The van der Waals surface area contributed by atoms with Crippen LogP contribution in [0.4, 0.5) is 0 Å². The molecule has 0 aliphatic heterocycles. The van der Waals surface area contributed by atoms with Crippen LogP contribution in [0.2, 0.25) is 0 Å². The largest absolute Gasteiger partial charge is 0.181 e. The molecule has 11 heavy (non-hydrogen) atoms. The maximum Gasteiger partial charge on any atom is 0.181 e. The molecule has 0 aliphatic rings. The molecule has 0 aliphatic carbocycles. The zero-order valence-corrected chi connectivity index (χ0v) is 7.25. The van der Waals surface area contributed by atoms with Crippen molar-refractivity contribution in [3.8, 4) is 12.1 Å². The molecule has 0 saturated carbocycles. The van der Waals surface area contributed by atoms with Gasteiger partial charge in [-0.25, -0.2) is 0 Å². The zero-order chi connectivity index (χ0) is 8.53. The van der Waals surface area contributed by atoms with Crippen LogP contribution in [-0.2, 0) is 0 Å². The molecule has 0 heterocycles. The lowest BCUT2D eigenvalue weighted by molar-refractivity contribution is 1.49. The summed E-state index contributed by atoms with van der Waals surface area (Å²) in [6.07, 6.45) is 0. The Morgan fingerprint density at radius 3 is 1.64 bits per heavy atom. The fourth-order valence-electron chi connectivity index (χ4n) is 0.415. The molecular weight excluding hydrogens is 204 g/mol. The van der Waals surface area contributed by atoms with Crippen molar-refractivity contribution in [2.45, 2.75) is 0 Å². The summed E-state index contributed by atoms with van der Waals surface area (Å²) in [4.78, 5) is 0. The van der Waals surface area contributed by atoms with Crippen molar-refractivity contribution in [1.29, 1.82) is 10.5 Å². The fourth-order valence-corrected chi connectivity index (χ4v) is 0.720. The first-order chi connectivity index (χ1) is 5.31. The van der Waals surface area contributed by atoms with E-state index in [9.17, 15) is 0 Å². The molecule has 0 bridgehead atoms. The summed E-state index contributed by atoms with van der Waals surface area (Å²) in [6.45, 7) is 0. The van der Waals surface area contributed by atoms with Crippen molar-refractivity contribution in [2.75, 3.05) is 0 Å². The normalized spacial score (nSPS) is 6.45. The molecule has 0 unspecified atom stereocenters. The Labute approximate surface area is 73.8 Å². The van der Waals surface area contributed by atoms with Crippen LogP contribution >= 0.6 is 15.9 Å². The minimum Gasteiger partial charge on any atom is -0.181 e. The number of benzene rings is 1. The van der Waals surface area contributed by atoms with Gasteiger partial charge in [0.05, 0.1) is 0 Å². The van der Waals surface area contributed by atoms with Crippen molar-refractivity contribution in [1.82, 2.24) is 0 Å². The second kappa shape index (κ2) is 6.80. The molecule has 1 aromatic carbocycles. The van der Waals surface area contributed by atoms with Crippen LogP contribution in [0.5, 0.6) is 0 Å². The molecule has 0 fully saturated rings. The standard InChI is InChI=1S/C6H5Br.C2N2/c7-6-4-2-1-3-5-6;3-1-2-4/h1-5H;. The van der Waals surface area contributed by atoms with E-state index in [4.69, 9.17) is 10.5 Å². The highest BCUT2D eigenvalue weighted by atomic mass is 79.9. The number of nitriles is 2. The summed E-state index contributed by atoms with van der Waals surface area (Å²) in [5.41, 5.74) is 0. The summed E-state index contributed by atoms with van der Waals surface area (Å²) in [5, 5.41) is 14.5. The van der Waals surface area contributed by atoms with E-state index in [0.717, 1.165) is 4.47 Å². The third-order valence-electron chi connectivity index (χ3n) is 0.783. The fraction of sp³-hybridized carbons (Fsp3) is 0. The topological polar surface area (TPSA) is 47.6 Å². The van der Waals surface area contributed by atoms with Crippen LogP contribution in [0.1, 0.15) is 0 Å². The number of hydrogen-bond donors (Lipinski definition) is 0. The van der Waals surface area contributed by atoms with Gasteiger partial charge in [-0.1, -0.05) is 34.1 Å². The van der Waals surface area contributed by atoms with Crippen molar-refractivity contribution in [2.24, 2.45) is 0 Å².